The minimum atomic E-state index is -0.147. The molecule has 0 bridgehead atoms. The van der Waals surface area contributed by atoms with Crippen molar-refractivity contribution in [2.45, 2.75) is 43.1 Å². The fraction of sp³-hybridized carbons (Fsp3) is 0.571. The monoisotopic (exact) mass is 314 g/mol. The van der Waals surface area contributed by atoms with E-state index in [1.165, 1.54) is 30.6 Å². The van der Waals surface area contributed by atoms with E-state index in [1.54, 1.807) is 11.8 Å². The topological polar surface area (TPSA) is 20.2 Å². The first-order chi connectivity index (χ1) is 8.24. The first-order valence-electron chi connectivity index (χ1n) is 6.30. The van der Waals surface area contributed by atoms with Gasteiger partial charge in [-0.3, -0.25) is 0 Å². The van der Waals surface area contributed by atoms with Crippen LogP contribution in [0.5, 0.6) is 0 Å². The van der Waals surface area contributed by atoms with Crippen molar-refractivity contribution >= 4 is 27.7 Å². The van der Waals surface area contributed by atoms with Crippen LogP contribution in [0.15, 0.2) is 33.6 Å². The van der Waals surface area contributed by atoms with E-state index in [1.807, 2.05) is 12.1 Å². The van der Waals surface area contributed by atoms with Gasteiger partial charge in [-0.15, -0.1) is 11.8 Å². The maximum Gasteiger partial charge on any atom is 0.0636 e. The van der Waals surface area contributed by atoms with Gasteiger partial charge in [0, 0.05) is 15.1 Å². The van der Waals surface area contributed by atoms with Gasteiger partial charge < -0.3 is 5.11 Å². The summed E-state index contributed by atoms with van der Waals surface area (Å²) in [6, 6.07) is 8.28. The van der Waals surface area contributed by atoms with Crippen LogP contribution in [0.3, 0.4) is 0 Å². The van der Waals surface area contributed by atoms with E-state index in [-0.39, 0.29) is 6.10 Å². The highest BCUT2D eigenvalue weighted by Crippen LogP contribution is 2.30. The van der Waals surface area contributed by atoms with E-state index in [9.17, 15) is 5.11 Å². The number of aliphatic hydroxyl groups is 1. The Labute approximate surface area is 116 Å². The molecule has 1 nitrogen and oxygen atoms in total. The zero-order chi connectivity index (χ0) is 12.1. The van der Waals surface area contributed by atoms with Crippen molar-refractivity contribution in [2.24, 2.45) is 5.92 Å². The quantitative estimate of drug-likeness (QED) is 0.808. The van der Waals surface area contributed by atoms with Crippen LogP contribution in [0.1, 0.15) is 32.1 Å². The average Bonchev–Trinajstić information content (AvgIpc) is 2.81. The maximum atomic E-state index is 10.00. The van der Waals surface area contributed by atoms with Crippen LogP contribution in [0, 0.1) is 5.92 Å². The van der Waals surface area contributed by atoms with Crippen molar-refractivity contribution in [3.05, 3.63) is 28.7 Å². The minimum absolute atomic E-state index is 0.147. The van der Waals surface area contributed by atoms with E-state index in [4.69, 9.17) is 0 Å². The Morgan fingerprint density at radius 2 is 1.88 bits per heavy atom. The van der Waals surface area contributed by atoms with E-state index in [0.29, 0.717) is 0 Å². The van der Waals surface area contributed by atoms with Crippen LogP contribution in [-0.2, 0) is 0 Å². The van der Waals surface area contributed by atoms with Crippen LogP contribution in [0.2, 0.25) is 0 Å². The first kappa shape index (κ1) is 13.4. The third-order valence-corrected chi connectivity index (χ3v) is 5.02. The molecule has 1 atom stereocenters. The number of aliphatic hydroxyl groups excluding tert-OH is 1. The molecule has 1 unspecified atom stereocenters. The van der Waals surface area contributed by atoms with Gasteiger partial charge in [0.05, 0.1) is 6.10 Å². The van der Waals surface area contributed by atoms with E-state index in [2.05, 4.69) is 28.1 Å². The molecule has 0 heterocycles. The summed E-state index contributed by atoms with van der Waals surface area (Å²) in [5.74, 6) is 1.59. The van der Waals surface area contributed by atoms with Crippen LogP contribution < -0.4 is 0 Å². The second kappa shape index (κ2) is 6.81. The van der Waals surface area contributed by atoms with Crippen molar-refractivity contribution in [3.63, 3.8) is 0 Å². The summed E-state index contributed by atoms with van der Waals surface area (Å²) < 4.78 is 1.10. The fourth-order valence-electron chi connectivity index (χ4n) is 2.42. The number of rotatable bonds is 5. The molecule has 1 N–H and O–H groups in total. The number of halogens is 1. The van der Waals surface area contributed by atoms with Gasteiger partial charge in [-0.1, -0.05) is 41.6 Å². The molecule has 1 aromatic rings. The molecule has 1 aliphatic carbocycles. The molecule has 1 aromatic carbocycles. The predicted octanol–water partition coefficient (Wildman–Crippen LogP) is 4.48. The number of hydrogen-bond acceptors (Lipinski definition) is 2. The predicted molar refractivity (Wildman–Crippen MR) is 77.4 cm³/mol. The van der Waals surface area contributed by atoms with Crippen molar-refractivity contribution in [1.82, 2.24) is 0 Å². The first-order valence-corrected chi connectivity index (χ1v) is 8.08. The summed E-state index contributed by atoms with van der Waals surface area (Å²) in [7, 11) is 0. The van der Waals surface area contributed by atoms with Crippen molar-refractivity contribution < 1.29 is 5.11 Å². The lowest BCUT2D eigenvalue weighted by molar-refractivity contribution is 0.166. The Morgan fingerprint density at radius 1 is 1.24 bits per heavy atom. The highest BCUT2D eigenvalue weighted by molar-refractivity contribution is 9.10. The minimum Gasteiger partial charge on any atom is -0.392 e. The Hall–Kier alpha value is 0.01000. The van der Waals surface area contributed by atoms with Gasteiger partial charge in [-0.05, 0) is 36.6 Å². The number of thioether (sulfide) groups is 1. The number of hydrogen-bond donors (Lipinski definition) is 1. The molecule has 0 aromatic heterocycles. The molecular weight excluding hydrogens is 296 g/mol. The average molecular weight is 315 g/mol. The molecule has 0 spiro atoms. The van der Waals surface area contributed by atoms with Gasteiger partial charge in [-0.25, -0.2) is 0 Å². The molecule has 0 aliphatic heterocycles. The van der Waals surface area contributed by atoms with Gasteiger partial charge in [0.25, 0.3) is 0 Å². The standard InChI is InChI=1S/C14H19BrOS/c15-12-5-7-14(8-6-12)17-10-13(16)9-11-3-1-2-4-11/h5-8,11,13,16H,1-4,9-10H2. The summed E-state index contributed by atoms with van der Waals surface area (Å²) in [5, 5.41) is 10.00. The summed E-state index contributed by atoms with van der Waals surface area (Å²) in [6.45, 7) is 0. The Balaban J connectivity index is 1.71. The molecule has 1 saturated carbocycles. The summed E-state index contributed by atoms with van der Waals surface area (Å²) >= 11 is 5.17. The molecule has 94 valence electrons. The van der Waals surface area contributed by atoms with Crippen LogP contribution >= 0.6 is 27.7 Å². The second-order valence-electron chi connectivity index (χ2n) is 4.80. The van der Waals surface area contributed by atoms with Crippen LogP contribution in [0.4, 0.5) is 0 Å². The lowest BCUT2D eigenvalue weighted by atomic mass is 10.0. The molecule has 17 heavy (non-hydrogen) atoms. The van der Waals surface area contributed by atoms with Gasteiger partial charge in [0.1, 0.15) is 0 Å². The second-order valence-corrected chi connectivity index (χ2v) is 6.81. The van der Waals surface area contributed by atoms with Gasteiger partial charge in [0.2, 0.25) is 0 Å². The van der Waals surface area contributed by atoms with Crippen molar-refractivity contribution in [2.75, 3.05) is 5.75 Å². The van der Waals surface area contributed by atoms with Gasteiger partial charge >= 0.3 is 0 Å². The fourth-order valence-corrected chi connectivity index (χ4v) is 3.54. The van der Waals surface area contributed by atoms with Crippen molar-refractivity contribution in [3.8, 4) is 0 Å². The maximum absolute atomic E-state index is 10.00. The molecule has 1 fully saturated rings. The third-order valence-electron chi connectivity index (χ3n) is 3.34. The highest BCUT2D eigenvalue weighted by Gasteiger charge is 2.18. The summed E-state index contributed by atoms with van der Waals surface area (Å²) in [6.07, 6.45) is 6.20. The van der Waals surface area contributed by atoms with Crippen molar-refractivity contribution in [1.29, 1.82) is 0 Å². The van der Waals surface area contributed by atoms with E-state index < -0.39 is 0 Å². The Kier molecular flexibility index (Phi) is 5.39. The molecular formula is C14H19BrOS. The molecule has 1 aliphatic rings. The number of benzene rings is 1. The Morgan fingerprint density at radius 3 is 2.53 bits per heavy atom. The highest BCUT2D eigenvalue weighted by atomic mass is 79.9. The molecule has 2 rings (SSSR count). The van der Waals surface area contributed by atoms with Crippen LogP contribution in [0.25, 0.3) is 0 Å². The van der Waals surface area contributed by atoms with Crippen LogP contribution in [-0.4, -0.2) is 17.0 Å². The Bertz CT molecular complexity index is 333. The summed E-state index contributed by atoms with van der Waals surface area (Å²) in [4.78, 5) is 1.23. The summed E-state index contributed by atoms with van der Waals surface area (Å²) in [5.41, 5.74) is 0. The van der Waals surface area contributed by atoms with E-state index >= 15 is 0 Å². The SMILES string of the molecule is OC(CSc1ccc(Br)cc1)CC1CCCC1. The largest absolute Gasteiger partial charge is 0.392 e. The lowest BCUT2D eigenvalue weighted by Gasteiger charge is -2.14. The molecule has 3 heteroatoms. The van der Waals surface area contributed by atoms with Gasteiger partial charge in [0.15, 0.2) is 0 Å². The smallest absolute Gasteiger partial charge is 0.0636 e. The third kappa shape index (κ3) is 4.65. The normalized spacial score (nSPS) is 18.5. The molecule has 0 radical (unpaired) electrons. The zero-order valence-electron chi connectivity index (χ0n) is 9.94. The zero-order valence-corrected chi connectivity index (χ0v) is 12.3. The molecule has 0 saturated heterocycles. The molecule has 0 amide bonds. The lowest BCUT2D eigenvalue weighted by Crippen LogP contribution is -2.14. The van der Waals surface area contributed by atoms with Gasteiger partial charge in [-0.2, -0.15) is 0 Å². The van der Waals surface area contributed by atoms with E-state index in [0.717, 1.165) is 22.6 Å².